The molecule has 1 aromatic rings. The zero-order valence-corrected chi connectivity index (χ0v) is 20.2. The SMILES string of the molecule is CN=C(NCc1ccnc(OC2CCCCC2)c1)N1CCCC2(CNC(=O)C2)C1.I. The van der Waals surface area contributed by atoms with Crippen molar-refractivity contribution in [1.82, 2.24) is 20.5 Å². The number of likely N-dealkylation sites (tertiary alicyclic amines) is 1. The van der Waals surface area contributed by atoms with Gasteiger partial charge in [-0.25, -0.2) is 4.98 Å². The lowest BCUT2D eigenvalue weighted by atomic mass is 9.79. The number of guanidine groups is 1. The van der Waals surface area contributed by atoms with Crippen LogP contribution in [0, 0.1) is 5.41 Å². The molecule has 4 rings (SSSR count). The molecule has 8 heteroatoms. The van der Waals surface area contributed by atoms with Crippen molar-refractivity contribution in [3.8, 4) is 5.88 Å². The molecule has 1 saturated carbocycles. The predicted molar refractivity (Wildman–Crippen MR) is 128 cm³/mol. The number of pyridine rings is 1. The summed E-state index contributed by atoms with van der Waals surface area (Å²) in [6, 6.07) is 4.05. The molecule has 1 aromatic heterocycles. The zero-order valence-electron chi connectivity index (χ0n) is 17.9. The largest absolute Gasteiger partial charge is 0.474 e. The van der Waals surface area contributed by atoms with Crippen molar-refractivity contribution >= 4 is 35.8 Å². The molecular weight excluding hydrogens is 493 g/mol. The van der Waals surface area contributed by atoms with Crippen LogP contribution in [0.2, 0.25) is 0 Å². The predicted octanol–water partition coefficient (Wildman–Crippen LogP) is 3.09. The second-order valence-corrected chi connectivity index (χ2v) is 8.76. The van der Waals surface area contributed by atoms with E-state index in [9.17, 15) is 4.79 Å². The lowest BCUT2D eigenvalue weighted by molar-refractivity contribution is -0.119. The van der Waals surface area contributed by atoms with Crippen molar-refractivity contribution in [2.45, 2.75) is 64.0 Å². The van der Waals surface area contributed by atoms with Crippen molar-refractivity contribution in [2.24, 2.45) is 10.4 Å². The fraction of sp³-hybridized carbons (Fsp3) is 0.682. The van der Waals surface area contributed by atoms with Gasteiger partial charge in [0.25, 0.3) is 0 Å². The van der Waals surface area contributed by atoms with Gasteiger partial charge in [0, 0.05) is 57.3 Å². The van der Waals surface area contributed by atoms with E-state index in [0.717, 1.165) is 62.7 Å². The number of nitrogens with one attached hydrogen (secondary N) is 2. The number of aromatic nitrogens is 1. The molecule has 0 radical (unpaired) electrons. The zero-order chi connectivity index (χ0) is 20.1. The van der Waals surface area contributed by atoms with Gasteiger partial charge in [-0.15, -0.1) is 24.0 Å². The third kappa shape index (κ3) is 5.76. The fourth-order valence-corrected chi connectivity index (χ4v) is 4.92. The lowest BCUT2D eigenvalue weighted by Gasteiger charge is -2.40. The summed E-state index contributed by atoms with van der Waals surface area (Å²) < 4.78 is 6.10. The molecule has 1 aliphatic carbocycles. The molecule has 166 valence electrons. The Morgan fingerprint density at radius 2 is 2.20 bits per heavy atom. The molecule has 1 atom stereocenters. The molecule has 0 bridgehead atoms. The minimum Gasteiger partial charge on any atom is -0.474 e. The second kappa shape index (κ2) is 10.6. The van der Waals surface area contributed by atoms with Crippen LogP contribution in [0.3, 0.4) is 0 Å². The Morgan fingerprint density at radius 1 is 1.37 bits per heavy atom. The fourth-order valence-electron chi connectivity index (χ4n) is 4.92. The maximum absolute atomic E-state index is 11.8. The highest BCUT2D eigenvalue weighted by molar-refractivity contribution is 14.0. The molecule has 3 fully saturated rings. The van der Waals surface area contributed by atoms with E-state index >= 15 is 0 Å². The molecule has 30 heavy (non-hydrogen) atoms. The highest BCUT2D eigenvalue weighted by Gasteiger charge is 2.42. The summed E-state index contributed by atoms with van der Waals surface area (Å²) in [5.74, 6) is 1.80. The van der Waals surface area contributed by atoms with E-state index < -0.39 is 0 Å². The van der Waals surface area contributed by atoms with Gasteiger partial charge < -0.3 is 20.3 Å². The first kappa shape index (κ1) is 23.1. The summed E-state index contributed by atoms with van der Waals surface area (Å²) in [5, 5.41) is 6.50. The normalized spacial score (nSPS) is 25.0. The molecular formula is C22H34IN5O2. The minimum absolute atomic E-state index is 0. The number of nitrogens with zero attached hydrogens (tertiary/aromatic N) is 3. The highest BCUT2D eigenvalue weighted by Crippen LogP contribution is 2.36. The Kier molecular flexibility index (Phi) is 8.19. The first-order chi connectivity index (χ1) is 14.2. The Hall–Kier alpha value is -1.58. The smallest absolute Gasteiger partial charge is 0.220 e. The molecule has 1 spiro atoms. The maximum Gasteiger partial charge on any atom is 0.220 e. The van der Waals surface area contributed by atoms with Gasteiger partial charge in [-0.1, -0.05) is 6.42 Å². The lowest BCUT2D eigenvalue weighted by Crippen LogP contribution is -2.51. The van der Waals surface area contributed by atoms with Crippen molar-refractivity contribution in [3.63, 3.8) is 0 Å². The first-order valence-electron chi connectivity index (χ1n) is 11.0. The topological polar surface area (TPSA) is 78.9 Å². The Morgan fingerprint density at radius 3 is 2.93 bits per heavy atom. The van der Waals surface area contributed by atoms with E-state index in [1.807, 2.05) is 25.4 Å². The molecule has 7 nitrogen and oxygen atoms in total. The standard InChI is InChI=1S/C22H33N5O2.HI/c1-23-21(27-11-5-9-22(16-27)13-19(28)26-15-22)25-14-17-8-10-24-20(12-17)29-18-6-3-2-4-7-18;/h8,10,12,18H,2-7,9,11,13-16H2,1H3,(H,23,25)(H,26,28);1H. The number of hydrogen-bond donors (Lipinski definition) is 2. The summed E-state index contributed by atoms with van der Waals surface area (Å²) >= 11 is 0. The average molecular weight is 527 g/mol. The number of halogens is 1. The minimum atomic E-state index is 0. The van der Waals surface area contributed by atoms with E-state index in [2.05, 4.69) is 25.5 Å². The highest BCUT2D eigenvalue weighted by atomic mass is 127. The van der Waals surface area contributed by atoms with Crippen LogP contribution < -0.4 is 15.4 Å². The molecule has 1 amide bonds. The van der Waals surface area contributed by atoms with E-state index in [1.54, 1.807) is 0 Å². The van der Waals surface area contributed by atoms with Crippen LogP contribution in [0.5, 0.6) is 5.88 Å². The number of hydrogen-bond acceptors (Lipinski definition) is 4. The van der Waals surface area contributed by atoms with Gasteiger partial charge in [-0.3, -0.25) is 9.79 Å². The van der Waals surface area contributed by atoms with Crippen molar-refractivity contribution in [1.29, 1.82) is 0 Å². The van der Waals surface area contributed by atoms with Gasteiger partial charge in [0.2, 0.25) is 11.8 Å². The Bertz CT molecular complexity index is 753. The number of piperidine rings is 1. The van der Waals surface area contributed by atoms with Crippen molar-refractivity contribution < 1.29 is 9.53 Å². The number of carbonyl (C=O) groups is 1. The summed E-state index contributed by atoms with van der Waals surface area (Å²) in [6.45, 7) is 3.31. The van der Waals surface area contributed by atoms with Crippen LogP contribution in [0.25, 0.3) is 0 Å². The quantitative estimate of drug-likeness (QED) is 0.358. The Balaban J connectivity index is 0.00000256. The summed E-state index contributed by atoms with van der Waals surface area (Å²) in [4.78, 5) is 22.9. The summed E-state index contributed by atoms with van der Waals surface area (Å²) in [6.07, 6.45) is 11.0. The average Bonchev–Trinajstić information content (AvgIpc) is 3.09. The van der Waals surface area contributed by atoms with Gasteiger partial charge in [0.15, 0.2) is 5.96 Å². The van der Waals surface area contributed by atoms with Gasteiger partial charge >= 0.3 is 0 Å². The Labute approximate surface area is 196 Å². The monoisotopic (exact) mass is 527 g/mol. The number of amides is 1. The van der Waals surface area contributed by atoms with Crippen LogP contribution in [-0.2, 0) is 11.3 Å². The number of rotatable bonds is 4. The molecule has 2 saturated heterocycles. The summed E-state index contributed by atoms with van der Waals surface area (Å²) in [5.41, 5.74) is 1.20. The van der Waals surface area contributed by atoms with E-state index in [0.29, 0.717) is 19.1 Å². The third-order valence-corrected chi connectivity index (χ3v) is 6.46. The molecule has 2 N–H and O–H groups in total. The summed E-state index contributed by atoms with van der Waals surface area (Å²) in [7, 11) is 1.83. The molecule has 0 aromatic carbocycles. The van der Waals surface area contributed by atoms with E-state index in [-0.39, 0.29) is 35.3 Å². The maximum atomic E-state index is 11.8. The molecule has 2 aliphatic heterocycles. The van der Waals surface area contributed by atoms with E-state index in [1.165, 1.54) is 19.3 Å². The first-order valence-corrected chi connectivity index (χ1v) is 11.0. The number of carbonyl (C=O) groups excluding carboxylic acids is 1. The molecule has 1 unspecified atom stereocenters. The van der Waals surface area contributed by atoms with Crippen LogP contribution in [-0.4, -0.2) is 54.5 Å². The molecule has 3 heterocycles. The van der Waals surface area contributed by atoms with Gasteiger partial charge in [-0.2, -0.15) is 0 Å². The second-order valence-electron chi connectivity index (χ2n) is 8.76. The van der Waals surface area contributed by atoms with Crippen LogP contribution in [0.4, 0.5) is 0 Å². The number of ether oxygens (including phenoxy) is 1. The van der Waals surface area contributed by atoms with Gasteiger partial charge in [0.05, 0.1) is 0 Å². The molecule has 3 aliphatic rings. The number of aliphatic imine (C=N–C) groups is 1. The third-order valence-electron chi connectivity index (χ3n) is 6.46. The van der Waals surface area contributed by atoms with Crippen molar-refractivity contribution in [3.05, 3.63) is 23.9 Å². The van der Waals surface area contributed by atoms with Crippen molar-refractivity contribution in [2.75, 3.05) is 26.7 Å². The van der Waals surface area contributed by atoms with E-state index in [4.69, 9.17) is 4.74 Å². The van der Waals surface area contributed by atoms with Crippen LogP contribution in [0.1, 0.15) is 56.9 Å². The van der Waals surface area contributed by atoms with Crippen LogP contribution >= 0.6 is 24.0 Å². The van der Waals surface area contributed by atoms with Gasteiger partial charge in [-0.05, 0) is 50.2 Å². The van der Waals surface area contributed by atoms with Gasteiger partial charge in [0.1, 0.15) is 6.10 Å². The van der Waals surface area contributed by atoms with Crippen LogP contribution in [0.15, 0.2) is 23.3 Å².